The van der Waals surface area contributed by atoms with Gasteiger partial charge in [-0.1, -0.05) is 18.2 Å². The molecule has 1 atom stereocenters. The number of hydrogen-bond donors (Lipinski definition) is 1. The van der Waals surface area contributed by atoms with Gasteiger partial charge in [-0.2, -0.15) is 5.10 Å². The zero-order chi connectivity index (χ0) is 23.2. The van der Waals surface area contributed by atoms with E-state index in [1.807, 2.05) is 12.3 Å². The Balaban J connectivity index is 1.40. The number of nitrogens with zero attached hydrogens (tertiary/aromatic N) is 5. The monoisotopic (exact) mass is 454 g/mol. The zero-order valence-electron chi connectivity index (χ0n) is 20.0. The summed E-state index contributed by atoms with van der Waals surface area (Å²) in [5.74, 6) is 1.78. The van der Waals surface area contributed by atoms with Gasteiger partial charge in [-0.3, -0.25) is 5.10 Å². The third-order valence-corrected chi connectivity index (χ3v) is 7.27. The predicted octanol–water partition coefficient (Wildman–Crippen LogP) is 4.32. The molecule has 4 heterocycles. The van der Waals surface area contributed by atoms with Gasteiger partial charge >= 0.3 is 0 Å². The largest absolute Gasteiger partial charge is 0.494 e. The van der Waals surface area contributed by atoms with Crippen molar-refractivity contribution in [1.29, 1.82) is 0 Å². The van der Waals surface area contributed by atoms with Crippen LogP contribution < -0.4 is 9.64 Å². The van der Waals surface area contributed by atoms with Crippen LogP contribution in [0.5, 0.6) is 5.75 Å². The van der Waals surface area contributed by atoms with Crippen molar-refractivity contribution in [3.05, 3.63) is 53.7 Å². The lowest BCUT2D eigenvalue weighted by Crippen LogP contribution is -2.50. The first-order valence-electron chi connectivity index (χ1n) is 12.1. The predicted molar refractivity (Wildman–Crippen MR) is 135 cm³/mol. The molecule has 0 radical (unpaired) electrons. The number of pyridine rings is 2. The van der Waals surface area contributed by atoms with E-state index in [-0.39, 0.29) is 0 Å². The number of likely N-dealkylation sites (N-methyl/N-ethyl adjacent to an activating group) is 1. The van der Waals surface area contributed by atoms with Gasteiger partial charge in [-0.15, -0.1) is 0 Å². The van der Waals surface area contributed by atoms with Crippen LogP contribution in [-0.2, 0) is 12.8 Å². The maximum absolute atomic E-state index is 5.75. The van der Waals surface area contributed by atoms with Crippen molar-refractivity contribution in [1.82, 2.24) is 25.1 Å². The van der Waals surface area contributed by atoms with E-state index >= 15 is 0 Å². The molecular weight excluding hydrogens is 424 g/mol. The molecule has 0 spiro atoms. The molecule has 174 valence electrons. The molecule has 2 aliphatic rings. The normalized spacial score (nSPS) is 18.4. The van der Waals surface area contributed by atoms with Gasteiger partial charge in [0.2, 0.25) is 0 Å². The van der Waals surface area contributed by atoms with Crippen LogP contribution in [0, 0.1) is 0 Å². The Morgan fingerprint density at radius 3 is 2.79 bits per heavy atom. The maximum atomic E-state index is 5.75. The van der Waals surface area contributed by atoms with Crippen LogP contribution in [0.25, 0.3) is 33.5 Å². The van der Waals surface area contributed by atoms with E-state index in [1.54, 1.807) is 7.11 Å². The fourth-order valence-corrected chi connectivity index (χ4v) is 5.50. The molecule has 0 saturated carbocycles. The van der Waals surface area contributed by atoms with Crippen LogP contribution in [0.4, 0.5) is 5.82 Å². The molecule has 0 amide bonds. The maximum Gasteiger partial charge on any atom is 0.147 e. The second-order valence-electron chi connectivity index (χ2n) is 9.51. The third kappa shape index (κ3) is 3.51. The second kappa shape index (κ2) is 8.40. The first-order valence-corrected chi connectivity index (χ1v) is 12.1. The summed E-state index contributed by atoms with van der Waals surface area (Å²) in [6.07, 6.45) is 5.33. The van der Waals surface area contributed by atoms with Gasteiger partial charge in [-0.25, -0.2) is 9.97 Å². The summed E-state index contributed by atoms with van der Waals surface area (Å²) < 4.78 is 5.75. The van der Waals surface area contributed by atoms with Crippen LogP contribution in [0.3, 0.4) is 0 Å². The highest BCUT2D eigenvalue weighted by Gasteiger charge is 2.24. The van der Waals surface area contributed by atoms with Gasteiger partial charge in [0.1, 0.15) is 28.5 Å². The summed E-state index contributed by atoms with van der Waals surface area (Å²) in [5.41, 5.74) is 8.34. The highest BCUT2D eigenvalue weighted by atomic mass is 16.5. The number of benzene rings is 1. The smallest absolute Gasteiger partial charge is 0.147 e. The van der Waals surface area contributed by atoms with Gasteiger partial charge in [0.05, 0.1) is 12.6 Å². The summed E-state index contributed by atoms with van der Waals surface area (Å²) >= 11 is 0. The zero-order valence-corrected chi connectivity index (χ0v) is 20.0. The highest BCUT2D eigenvalue weighted by molar-refractivity contribution is 5.93. The van der Waals surface area contributed by atoms with Crippen molar-refractivity contribution < 1.29 is 4.74 Å². The number of aromatic amines is 1. The Morgan fingerprint density at radius 1 is 1.09 bits per heavy atom. The average Bonchev–Trinajstić information content (AvgIpc) is 3.50. The van der Waals surface area contributed by atoms with Crippen LogP contribution in [-0.4, -0.2) is 64.9 Å². The lowest BCUT2D eigenvalue weighted by atomic mass is 9.99. The standard InChI is InChI=1S/C27H30N6O/c1-17-16-32(2)12-13-33(17)24-11-10-19(15-28-24)25-27-22(30-31-25)14-23(34-3)26(29-27)21-9-5-7-18-6-4-8-20(18)21/h5,7,9-11,14-15,17H,4,6,8,12-13,16H2,1-3H3,(H,30,31). The third-order valence-electron chi connectivity index (χ3n) is 7.27. The van der Waals surface area contributed by atoms with E-state index in [1.165, 1.54) is 23.1 Å². The number of ether oxygens (including phenoxy) is 1. The van der Waals surface area contributed by atoms with Crippen molar-refractivity contribution in [3.8, 4) is 28.3 Å². The van der Waals surface area contributed by atoms with Crippen molar-refractivity contribution in [2.24, 2.45) is 0 Å². The van der Waals surface area contributed by atoms with Crippen LogP contribution in [0.1, 0.15) is 24.5 Å². The van der Waals surface area contributed by atoms with Gasteiger partial charge in [0, 0.05) is 49.1 Å². The molecule has 7 heteroatoms. The van der Waals surface area contributed by atoms with Crippen molar-refractivity contribution >= 4 is 16.9 Å². The average molecular weight is 455 g/mol. The number of aromatic nitrogens is 4. The lowest BCUT2D eigenvalue weighted by molar-refractivity contribution is 0.274. The first-order chi connectivity index (χ1) is 16.6. The number of hydrogen-bond acceptors (Lipinski definition) is 6. The van der Waals surface area contributed by atoms with E-state index in [0.717, 1.165) is 72.0 Å². The van der Waals surface area contributed by atoms with Crippen molar-refractivity contribution in [2.75, 3.05) is 38.7 Å². The van der Waals surface area contributed by atoms with Gasteiger partial charge in [-0.05, 0) is 56.5 Å². The molecule has 7 nitrogen and oxygen atoms in total. The summed E-state index contributed by atoms with van der Waals surface area (Å²) in [6, 6.07) is 13.2. The fourth-order valence-electron chi connectivity index (χ4n) is 5.50. The van der Waals surface area contributed by atoms with Crippen LogP contribution in [0.2, 0.25) is 0 Å². The topological polar surface area (TPSA) is 70.2 Å². The Labute approximate surface area is 199 Å². The number of fused-ring (bicyclic) bond motifs is 2. The van der Waals surface area contributed by atoms with E-state index in [4.69, 9.17) is 14.7 Å². The summed E-state index contributed by atoms with van der Waals surface area (Å²) in [5, 5.41) is 7.76. The molecule has 6 rings (SSSR count). The lowest BCUT2D eigenvalue weighted by Gasteiger charge is -2.39. The molecule has 34 heavy (non-hydrogen) atoms. The molecule has 4 aromatic rings. The number of nitrogens with one attached hydrogen (secondary N) is 1. The highest BCUT2D eigenvalue weighted by Crippen LogP contribution is 2.38. The molecule has 1 aliphatic heterocycles. The first kappa shape index (κ1) is 21.1. The van der Waals surface area contributed by atoms with Gasteiger partial charge in [0.15, 0.2) is 0 Å². The Hall–Kier alpha value is -3.45. The number of H-pyrrole nitrogens is 1. The summed E-state index contributed by atoms with van der Waals surface area (Å²) in [6.45, 7) is 5.34. The SMILES string of the molecule is COc1cc2[nH]nc(-c3ccc(N4CCN(C)CC4C)nc3)c2nc1-c1cccc2c1CCC2. The number of aryl methyl sites for hydroxylation is 1. The Morgan fingerprint density at radius 2 is 2.00 bits per heavy atom. The number of methoxy groups -OCH3 is 1. The fraction of sp³-hybridized carbons (Fsp3) is 0.370. The van der Waals surface area contributed by atoms with Gasteiger partial charge in [0.25, 0.3) is 0 Å². The molecule has 1 unspecified atom stereocenters. The van der Waals surface area contributed by atoms with E-state index < -0.39 is 0 Å². The van der Waals surface area contributed by atoms with E-state index in [0.29, 0.717) is 6.04 Å². The van der Waals surface area contributed by atoms with E-state index in [9.17, 15) is 0 Å². The number of anilines is 1. The molecule has 1 N–H and O–H groups in total. The quantitative estimate of drug-likeness (QED) is 0.495. The second-order valence-corrected chi connectivity index (χ2v) is 9.51. The minimum atomic E-state index is 0.438. The molecule has 1 fully saturated rings. The number of rotatable bonds is 4. The van der Waals surface area contributed by atoms with Gasteiger partial charge < -0.3 is 14.5 Å². The Kier molecular flexibility index (Phi) is 5.21. The minimum Gasteiger partial charge on any atom is -0.494 e. The van der Waals surface area contributed by atoms with Crippen molar-refractivity contribution in [3.63, 3.8) is 0 Å². The summed E-state index contributed by atoms with van der Waals surface area (Å²) in [7, 11) is 3.88. The molecule has 3 aromatic heterocycles. The minimum absolute atomic E-state index is 0.438. The molecule has 0 bridgehead atoms. The molecule has 1 saturated heterocycles. The van der Waals surface area contributed by atoms with Crippen LogP contribution >= 0.6 is 0 Å². The molecular formula is C27H30N6O. The molecule has 1 aliphatic carbocycles. The molecule has 1 aromatic carbocycles. The summed E-state index contributed by atoms with van der Waals surface area (Å²) in [4.78, 5) is 14.6. The van der Waals surface area contributed by atoms with E-state index in [2.05, 4.69) is 64.3 Å². The van der Waals surface area contributed by atoms with Crippen LogP contribution in [0.15, 0.2) is 42.6 Å². The number of piperazine rings is 1. The van der Waals surface area contributed by atoms with Crippen molar-refractivity contribution in [2.45, 2.75) is 32.2 Å². The Bertz CT molecular complexity index is 1350.